The number of fused-ring (bicyclic) bond motifs is 3. The molecule has 1 aromatic carbocycles. The molecule has 0 unspecified atom stereocenters. The summed E-state index contributed by atoms with van der Waals surface area (Å²) in [6, 6.07) is 6.84. The zero-order valence-corrected chi connectivity index (χ0v) is 14.5. The topological polar surface area (TPSA) is 56.1 Å². The molecule has 3 aliphatic heterocycles. The summed E-state index contributed by atoms with van der Waals surface area (Å²) in [4.78, 5) is 16.0. The summed E-state index contributed by atoms with van der Waals surface area (Å²) in [5.41, 5.74) is 0.222. The lowest BCUT2D eigenvalue weighted by molar-refractivity contribution is -0.00138. The van der Waals surface area contributed by atoms with E-state index in [9.17, 15) is 14.4 Å². The monoisotopic (exact) mass is 355 g/mol. The molecule has 1 aliphatic carbocycles. The molecule has 6 rings (SSSR count). The maximum Gasteiger partial charge on any atom is 0.261 e. The van der Waals surface area contributed by atoms with E-state index in [-0.39, 0.29) is 23.1 Å². The first-order chi connectivity index (χ1) is 12.1. The van der Waals surface area contributed by atoms with Crippen LogP contribution in [0.4, 0.5) is 4.39 Å². The van der Waals surface area contributed by atoms with Gasteiger partial charge in [-0.25, -0.2) is 4.39 Å². The predicted octanol–water partition coefficient (Wildman–Crippen LogP) is 3.27. The van der Waals surface area contributed by atoms with Crippen molar-refractivity contribution in [3.8, 4) is 6.07 Å². The molecule has 1 atom stereocenters. The van der Waals surface area contributed by atoms with Gasteiger partial charge >= 0.3 is 0 Å². The van der Waals surface area contributed by atoms with Crippen LogP contribution in [0.2, 0.25) is 0 Å². The van der Waals surface area contributed by atoms with Crippen molar-refractivity contribution in [2.45, 2.75) is 37.3 Å². The Kier molecular flexibility index (Phi) is 3.22. The van der Waals surface area contributed by atoms with Crippen LogP contribution < -0.4 is 5.32 Å². The van der Waals surface area contributed by atoms with E-state index in [0.717, 1.165) is 31.3 Å². The van der Waals surface area contributed by atoms with E-state index in [1.807, 2.05) is 6.07 Å². The summed E-state index contributed by atoms with van der Waals surface area (Å²) in [5.74, 6) is -0.0494. The number of nitriles is 1. The Morgan fingerprint density at radius 1 is 1.36 bits per heavy atom. The quantitative estimate of drug-likeness (QED) is 0.899. The van der Waals surface area contributed by atoms with E-state index < -0.39 is 5.82 Å². The third-order valence-electron chi connectivity index (χ3n) is 6.24. The van der Waals surface area contributed by atoms with Crippen LogP contribution in [0, 0.1) is 23.1 Å². The van der Waals surface area contributed by atoms with Gasteiger partial charge in [0, 0.05) is 5.54 Å². The van der Waals surface area contributed by atoms with Crippen molar-refractivity contribution < 1.29 is 9.18 Å². The molecule has 4 nitrogen and oxygen atoms in total. The number of piperidine rings is 3. The third-order valence-corrected chi connectivity index (χ3v) is 7.41. The van der Waals surface area contributed by atoms with Gasteiger partial charge in [-0.3, -0.25) is 9.69 Å². The fraction of sp³-hybridized carbons (Fsp3) is 0.474. The lowest BCUT2D eigenvalue weighted by Gasteiger charge is -2.52. The number of nitrogens with one attached hydrogen (secondary N) is 1. The second kappa shape index (κ2) is 5.26. The standard InChI is InChI=1S/C19H18FN3OS/c20-14-2-1-12-9-15(25-16(12)13(14)10-21)18(24)22-17-11-3-7-23(8-4-11)19(17)5-6-19/h1-2,9,11,17H,3-8H2,(H,22,24)/t17-/m1/s1. The molecule has 4 heterocycles. The number of carbonyl (C=O) groups is 1. The Labute approximate surface area is 149 Å². The Morgan fingerprint density at radius 2 is 2.12 bits per heavy atom. The minimum Gasteiger partial charge on any atom is -0.346 e. The lowest BCUT2D eigenvalue weighted by Crippen LogP contribution is -2.65. The number of halogens is 1. The van der Waals surface area contributed by atoms with Crippen molar-refractivity contribution >= 4 is 27.3 Å². The molecule has 4 aliphatic rings. The van der Waals surface area contributed by atoms with Crippen molar-refractivity contribution in [2.75, 3.05) is 13.1 Å². The summed E-state index contributed by atoms with van der Waals surface area (Å²) in [6.45, 7) is 2.31. The van der Waals surface area contributed by atoms with Crippen molar-refractivity contribution in [2.24, 2.45) is 5.92 Å². The smallest absolute Gasteiger partial charge is 0.261 e. The Morgan fingerprint density at radius 3 is 2.80 bits per heavy atom. The van der Waals surface area contributed by atoms with Crippen LogP contribution in [-0.4, -0.2) is 35.5 Å². The summed E-state index contributed by atoms with van der Waals surface area (Å²) >= 11 is 1.21. The van der Waals surface area contributed by atoms with Gasteiger partial charge in [0.2, 0.25) is 0 Å². The van der Waals surface area contributed by atoms with Crippen molar-refractivity contribution in [1.29, 1.82) is 5.26 Å². The van der Waals surface area contributed by atoms with E-state index in [1.54, 1.807) is 12.1 Å². The van der Waals surface area contributed by atoms with Crippen LogP contribution in [0.1, 0.15) is 40.9 Å². The molecule has 1 aromatic heterocycles. The molecular formula is C19H18FN3OS. The summed E-state index contributed by atoms with van der Waals surface area (Å²) in [5, 5.41) is 13.2. The molecule has 3 saturated heterocycles. The number of hydrogen-bond donors (Lipinski definition) is 1. The molecule has 2 aromatic rings. The molecular weight excluding hydrogens is 337 g/mol. The highest BCUT2D eigenvalue weighted by molar-refractivity contribution is 7.21. The average Bonchev–Trinajstić information content (AvgIpc) is 3.28. The van der Waals surface area contributed by atoms with E-state index in [4.69, 9.17) is 0 Å². The average molecular weight is 355 g/mol. The van der Waals surface area contributed by atoms with Gasteiger partial charge in [0.15, 0.2) is 0 Å². The fourth-order valence-electron chi connectivity index (χ4n) is 4.83. The maximum atomic E-state index is 13.8. The Balaban J connectivity index is 1.45. The van der Waals surface area contributed by atoms with Gasteiger partial charge in [-0.1, -0.05) is 6.07 Å². The molecule has 1 saturated carbocycles. The van der Waals surface area contributed by atoms with Gasteiger partial charge in [-0.2, -0.15) is 5.26 Å². The predicted molar refractivity (Wildman–Crippen MR) is 94.0 cm³/mol. The van der Waals surface area contributed by atoms with Gasteiger partial charge in [0.05, 0.1) is 15.6 Å². The molecule has 128 valence electrons. The fourth-order valence-corrected chi connectivity index (χ4v) is 5.88. The number of amides is 1. The van der Waals surface area contributed by atoms with Crippen LogP contribution in [0.25, 0.3) is 10.1 Å². The van der Waals surface area contributed by atoms with Crippen LogP contribution in [0.15, 0.2) is 18.2 Å². The van der Waals surface area contributed by atoms with Crippen molar-refractivity contribution in [1.82, 2.24) is 10.2 Å². The zero-order chi connectivity index (χ0) is 17.2. The number of benzene rings is 1. The van der Waals surface area contributed by atoms with Crippen LogP contribution >= 0.6 is 11.3 Å². The van der Waals surface area contributed by atoms with Crippen molar-refractivity contribution in [3.05, 3.63) is 34.5 Å². The highest BCUT2D eigenvalue weighted by Crippen LogP contribution is 2.53. The number of nitrogens with zero attached hydrogens (tertiary/aromatic N) is 2. The lowest BCUT2D eigenvalue weighted by atomic mass is 9.77. The molecule has 25 heavy (non-hydrogen) atoms. The highest BCUT2D eigenvalue weighted by atomic mass is 32.1. The van der Waals surface area contributed by atoms with E-state index in [2.05, 4.69) is 10.2 Å². The minimum atomic E-state index is -0.530. The summed E-state index contributed by atoms with van der Waals surface area (Å²) in [7, 11) is 0. The SMILES string of the molecule is N#Cc1c(F)ccc2cc(C(=O)N[C@@H]3C4CCN(CC4)C34CC4)sc12. The molecule has 1 amide bonds. The Hall–Kier alpha value is -1.97. The van der Waals surface area contributed by atoms with Crippen LogP contribution in [-0.2, 0) is 0 Å². The number of thiophene rings is 1. The van der Waals surface area contributed by atoms with Crippen LogP contribution in [0.5, 0.6) is 0 Å². The maximum absolute atomic E-state index is 13.8. The van der Waals surface area contributed by atoms with Crippen LogP contribution in [0.3, 0.4) is 0 Å². The van der Waals surface area contributed by atoms with Gasteiger partial charge in [-0.15, -0.1) is 11.3 Å². The Bertz CT molecular complexity index is 919. The molecule has 1 spiro atoms. The first kappa shape index (κ1) is 15.3. The van der Waals surface area contributed by atoms with Gasteiger partial charge in [0.1, 0.15) is 17.4 Å². The van der Waals surface area contributed by atoms with E-state index in [0.29, 0.717) is 15.5 Å². The molecule has 1 N–H and O–H groups in total. The van der Waals surface area contributed by atoms with Crippen molar-refractivity contribution in [3.63, 3.8) is 0 Å². The first-order valence-corrected chi connectivity index (χ1v) is 9.62. The number of carbonyl (C=O) groups excluding carboxylic acids is 1. The third kappa shape index (κ3) is 2.16. The number of hydrogen-bond acceptors (Lipinski definition) is 4. The molecule has 4 fully saturated rings. The second-order valence-electron chi connectivity index (χ2n) is 7.44. The molecule has 0 radical (unpaired) electrons. The molecule has 2 bridgehead atoms. The second-order valence-corrected chi connectivity index (χ2v) is 8.49. The normalized spacial score (nSPS) is 28.9. The van der Waals surface area contributed by atoms with E-state index >= 15 is 0 Å². The number of rotatable bonds is 2. The van der Waals surface area contributed by atoms with E-state index in [1.165, 1.54) is 30.2 Å². The van der Waals surface area contributed by atoms with Gasteiger partial charge < -0.3 is 5.32 Å². The zero-order valence-electron chi connectivity index (χ0n) is 13.7. The van der Waals surface area contributed by atoms with Gasteiger partial charge in [-0.05, 0) is 62.2 Å². The minimum absolute atomic E-state index is 0.0306. The first-order valence-electron chi connectivity index (χ1n) is 8.80. The van der Waals surface area contributed by atoms with Gasteiger partial charge in [0.25, 0.3) is 5.91 Å². The summed E-state index contributed by atoms with van der Waals surface area (Å²) < 4.78 is 14.4. The summed E-state index contributed by atoms with van der Waals surface area (Å²) in [6.07, 6.45) is 4.65. The highest BCUT2D eigenvalue weighted by Gasteiger charge is 2.60. The molecule has 6 heteroatoms. The largest absolute Gasteiger partial charge is 0.346 e.